The highest BCUT2D eigenvalue weighted by molar-refractivity contribution is 7.99. The predicted octanol–water partition coefficient (Wildman–Crippen LogP) is 2.37. The number of benzene rings is 1. The van der Waals surface area contributed by atoms with Gasteiger partial charge in [-0.05, 0) is 37.1 Å². The van der Waals surface area contributed by atoms with Crippen LogP contribution in [-0.2, 0) is 0 Å². The van der Waals surface area contributed by atoms with Crippen LogP contribution in [0.5, 0.6) is 0 Å². The first-order valence-corrected chi connectivity index (χ1v) is 7.01. The van der Waals surface area contributed by atoms with Crippen LogP contribution >= 0.6 is 11.8 Å². The third-order valence-corrected chi connectivity index (χ3v) is 3.90. The van der Waals surface area contributed by atoms with Crippen molar-refractivity contribution in [2.75, 3.05) is 25.4 Å². The summed E-state index contributed by atoms with van der Waals surface area (Å²) in [5.74, 6) is 0.802. The summed E-state index contributed by atoms with van der Waals surface area (Å²) in [7, 11) is 0. The molecular weight excluding hydrogens is 237 g/mol. The van der Waals surface area contributed by atoms with Crippen LogP contribution in [0, 0.1) is 5.82 Å². The van der Waals surface area contributed by atoms with E-state index in [1.807, 2.05) is 12.1 Å². The summed E-state index contributed by atoms with van der Waals surface area (Å²) in [4.78, 5) is 3.45. The Kier molecular flexibility index (Phi) is 4.83. The molecule has 0 aromatic heterocycles. The fourth-order valence-corrected chi connectivity index (χ4v) is 2.75. The Labute approximate surface area is 106 Å². The number of hydrogen-bond donors (Lipinski definition) is 1. The highest BCUT2D eigenvalue weighted by Gasteiger charge is 2.27. The van der Waals surface area contributed by atoms with Gasteiger partial charge in [0, 0.05) is 29.8 Å². The topological polar surface area (TPSA) is 23.5 Å². The molecule has 0 radical (unpaired) electrons. The Bertz CT molecular complexity index is 340. The fraction of sp³-hybridized carbons (Fsp3) is 0.538. The van der Waals surface area contributed by atoms with Gasteiger partial charge in [0.05, 0.1) is 6.61 Å². The molecule has 0 unspecified atom stereocenters. The molecule has 0 spiro atoms. The maximum Gasteiger partial charge on any atom is 0.123 e. The highest BCUT2D eigenvalue weighted by atomic mass is 32.2. The monoisotopic (exact) mass is 255 g/mol. The summed E-state index contributed by atoms with van der Waals surface area (Å²) >= 11 is 1.74. The maximum absolute atomic E-state index is 12.7. The van der Waals surface area contributed by atoms with E-state index >= 15 is 0 Å². The first-order valence-electron chi connectivity index (χ1n) is 6.03. The highest BCUT2D eigenvalue weighted by Crippen LogP contribution is 2.27. The van der Waals surface area contributed by atoms with Crippen LogP contribution in [0.3, 0.4) is 0 Å². The fourth-order valence-electron chi connectivity index (χ4n) is 1.86. The quantitative estimate of drug-likeness (QED) is 0.757. The van der Waals surface area contributed by atoms with Gasteiger partial charge in [0.15, 0.2) is 0 Å². The number of hydrogen-bond acceptors (Lipinski definition) is 3. The van der Waals surface area contributed by atoms with E-state index in [4.69, 9.17) is 5.11 Å². The molecule has 1 fully saturated rings. The van der Waals surface area contributed by atoms with Crippen molar-refractivity contribution in [2.24, 2.45) is 0 Å². The normalized spacial score (nSPS) is 15.5. The van der Waals surface area contributed by atoms with Crippen LogP contribution in [0.1, 0.15) is 12.8 Å². The van der Waals surface area contributed by atoms with Gasteiger partial charge >= 0.3 is 0 Å². The lowest BCUT2D eigenvalue weighted by Gasteiger charge is -2.20. The molecule has 1 saturated carbocycles. The summed E-state index contributed by atoms with van der Waals surface area (Å²) in [6.07, 6.45) is 2.53. The van der Waals surface area contributed by atoms with Gasteiger partial charge < -0.3 is 5.11 Å². The van der Waals surface area contributed by atoms with E-state index in [1.165, 1.54) is 25.0 Å². The van der Waals surface area contributed by atoms with Gasteiger partial charge in [-0.1, -0.05) is 0 Å². The SMILES string of the molecule is OCCN(CCSc1ccc(F)cc1)C1CC1. The number of aliphatic hydroxyl groups is 1. The van der Waals surface area contributed by atoms with Crippen molar-refractivity contribution < 1.29 is 9.50 Å². The third kappa shape index (κ3) is 4.30. The van der Waals surface area contributed by atoms with Gasteiger partial charge in [0.25, 0.3) is 0 Å². The van der Waals surface area contributed by atoms with Gasteiger partial charge in [-0.2, -0.15) is 0 Å². The summed E-state index contributed by atoms with van der Waals surface area (Å²) in [5.41, 5.74) is 0. The molecule has 0 amide bonds. The van der Waals surface area contributed by atoms with Gasteiger partial charge in [-0.15, -0.1) is 11.8 Å². The summed E-state index contributed by atoms with van der Waals surface area (Å²) in [6, 6.07) is 7.31. The second-order valence-electron chi connectivity index (χ2n) is 4.29. The van der Waals surface area contributed by atoms with E-state index in [0.717, 1.165) is 23.7 Å². The molecule has 0 saturated heterocycles. The molecule has 2 rings (SSSR count). The smallest absolute Gasteiger partial charge is 0.123 e. The van der Waals surface area contributed by atoms with Crippen molar-refractivity contribution in [1.29, 1.82) is 0 Å². The Balaban J connectivity index is 1.72. The average molecular weight is 255 g/mol. The maximum atomic E-state index is 12.7. The average Bonchev–Trinajstić information content (AvgIpc) is 3.15. The van der Waals surface area contributed by atoms with Crippen LogP contribution in [-0.4, -0.2) is 41.5 Å². The second-order valence-corrected chi connectivity index (χ2v) is 5.46. The van der Waals surface area contributed by atoms with E-state index in [1.54, 1.807) is 11.8 Å². The molecule has 1 aliphatic rings. The van der Waals surface area contributed by atoms with Gasteiger partial charge in [-0.3, -0.25) is 4.90 Å². The summed E-state index contributed by atoms with van der Waals surface area (Å²) < 4.78 is 12.7. The van der Waals surface area contributed by atoms with Crippen molar-refractivity contribution in [3.8, 4) is 0 Å². The zero-order valence-electron chi connectivity index (χ0n) is 9.81. The molecule has 1 aromatic rings. The lowest BCUT2D eigenvalue weighted by Crippen LogP contribution is -2.31. The standard InChI is InChI=1S/C13H18FNOS/c14-11-1-5-13(6-2-11)17-10-8-15(7-9-16)12-3-4-12/h1-2,5-6,12,16H,3-4,7-10H2. The van der Waals surface area contributed by atoms with E-state index < -0.39 is 0 Å². The van der Waals surface area contributed by atoms with Crippen molar-refractivity contribution >= 4 is 11.8 Å². The van der Waals surface area contributed by atoms with Crippen molar-refractivity contribution in [3.63, 3.8) is 0 Å². The number of thioether (sulfide) groups is 1. The zero-order valence-corrected chi connectivity index (χ0v) is 10.6. The van der Waals surface area contributed by atoms with E-state index in [-0.39, 0.29) is 12.4 Å². The number of halogens is 1. The molecule has 0 aliphatic heterocycles. The molecule has 4 heteroatoms. The molecule has 0 bridgehead atoms. The molecule has 2 nitrogen and oxygen atoms in total. The van der Waals surface area contributed by atoms with E-state index in [0.29, 0.717) is 6.04 Å². The van der Waals surface area contributed by atoms with Crippen LogP contribution in [0.4, 0.5) is 4.39 Å². The Hall–Kier alpha value is -0.580. The molecule has 1 aromatic carbocycles. The van der Waals surface area contributed by atoms with Crippen LogP contribution in [0.25, 0.3) is 0 Å². The van der Waals surface area contributed by atoms with Gasteiger partial charge in [0.2, 0.25) is 0 Å². The molecule has 0 atom stereocenters. The Morgan fingerprint density at radius 2 is 1.94 bits per heavy atom. The number of aliphatic hydroxyl groups excluding tert-OH is 1. The van der Waals surface area contributed by atoms with E-state index in [2.05, 4.69) is 4.90 Å². The van der Waals surface area contributed by atoms with Crippen LogP contribution < -0.4 is 0 Å². The number of nitrogens with zero attached hydrogens (tertiary/aromatic N) is 1. The first-order chi connectivity index (χ1) is 8.29. The first kappa shape index (κ1) is 12.9. The molecule has 1 N–H and O–H groups in total. The molecule has 94 valence electrons. The van der Waals surface area contributed by atoms with Crippen molar-refractivity contribution in [2.45, 2.75) is 23.8 Å². The lowest BCUT2D eigenvalue weighted by molar-refractivity contribution is 0.197. The zero-order chi connectivity index (χ0) is 12.1. The molecule has 1 aliphatic carbocycles. The predicted molar refractivity (Wildman–Crippen MR) is 68.8 cm³/mol. The van der Waals surface area contributed by atoms with Crippen LogP contribution in [0.2, 0.25) is 0 Å². The Morgan fingerprint density at radius 1 is 1.24 bits per heavy atom. The lowest BCUT2D eigenvalue weighted by atomic mass is 10.4. The van der Waals surface area contributed by atoms with Crippen molar-refractivity contribution in [1.82, 2.24) is 4.90 Å². The number of rotatable bonds is 7. The van der Waals surface area contributed by atoms with E-state index in [9.17, 15) is 4.39 Å². The third-order valence-electron chi connectivity index (χ3n) is 2.91. The van der Waals surface area contributed by atoms with Gasteiger partial charge in [0.1, 0.15) is 5.82 Å². The minimum atomic E-state index is -0.186. The van der Waals surface area contributed by atoms with Crippen LogP contribution in [0.15, 0.2) is 29.2 Å². The molecule has 0 heterocycles. The van der Waals surface area contributed by atoms with Gasteiger partial charge in [-0.25, -0.2) is 4.39 Å². The summed E-state index contributed by atoms with van der Waals surface area (Å²) in [6.45, 7) is 2.00. The Morgan fingerprint density at radius 3 is 2.53 bits per heavy atom. The largest absolute Gasteiger partial charge is 0.395 e. The minimum Gasteiger partial charge on any atom is -0.395 e. The molecule has 17 heavy (non-hydrogen) atoms. The second kappa shape index (κ2) is 6.38. The minimum absolute atomic E-state index is 0.186. The summed E-state index contributed by atoms with van der Waals surface area (Å²) in [5, 5.41) is 8.97. The van der Waals surface area contributed by atoms with Crippen molar-refractivity contribution in [3.05, 3.63) is 30.1 Å². The molecular formula is C13H18FNOS.